The molecule has 2 atom stereocenters. The molecular formula is C20H13ClF3N5O2. The van der Waals surface area contributed by atoms with Gasteiger partial charge in [-0.1, -0.05) is 11.6 Å². The second kappa shape index (κ2) is 8.64. The van der Waals surface area contributed by atoms with Crippen LogP contribution in [0.3, 0.4) is 0 Å². The standard InChI is InChI=1S/C20H13ClF3N5O2/c1-10-14(7-6-13(9-26)15(10)21)27-16(17(30)20(22,23)24)19-29-28-18(31-19)12-4-2-11(8-25)3-5-12/h2-7,16-17,27,30H,1H3/t16-,17+/m1/s1. The number of alkyl halides is 3. The first-order valence-corrected chi connectivity index (χ1v) is 9.08. The Morgan fingerprint density at radius 1 is 1.10 bits per heavy atom. The van der Waals surface area contributed by atoms with Crippen molar-refractivity contribution in [2.45, 2.75) is 25.2 Å². The number of rotatable bonds is 5. The lowest BCUT2D eigenvalue weighted by Gasteiger charge is -2.25. The van der Waals surface area contributed by atoms with Crippen LogP contribution in [0.15, 0.2) is 40.8 Å². The molecule has 11 heteroatoms. The number of nitrogens with one attached hydrogen (secondary N) is 1. The highest BCUT2D eigenvalue weighted by Crippen LogP contribution is 2.36. The highest BCUT2D eigenvalue weighted by atomic mass is 35.5. The molecule has 2 aromatic carbocycles. The molecule has 0 bridgehead atoms. The predicted octanol–water partition coefficient (Wildman–Crippen LogP) is 4.52. The Bertz CT molecular complexity index is 1180. The Morgan fingerprint density at radius 2 is 1.77 bits per heavy atom. The molecule has 0 fully saturated rings. The summed E-state index contributed by atoms with van der Waals surface area (Å²) in [5, 5.41) is 37.8. The Kier molecular flexibility index (Phi) is 6.16. The Morgan fingerprint density at radius 3 is 2.35 bits per heavy atom. The van der Waals surface area contributed by atoms with Gasteiger partial charge in [-0.3, -0.25) is 0 Å². The van der Waals surface area contributed by atoms with Gasteiger partial charge in [0.25, 0.3) is 0 Å². The molecule has 0 spiro atoms. The molecule has 0 unspecified atom stereocenters. The van der Waals surface area contributed by atoms with Gasteiger partial charge in [0.2, 0.25) is 11.8 Å². The number of nitrogens with zero attached hydrogens (tertiary/aromatic N) is 4. The lowest BCUT2D eigenvalue weighted by Crippen LogP contribution is -2.38. The van der Waals surface area contributed by atoms with Gasteiger partial charge < -0.3 is 14.8 Å². The molecule has 2 N–H and O–H groups in total. The maximum absolute atomic E-state index is 13.3. The average molecular weight is 448 g/mol. The molecule has 7 nitrogen and oxygen atoms in total. The Balaban J connectivity index is 1.99. The zero-order chi connectivity index (χ0) is 22.8. The van der Waals surface area contributed by atoms with Gasteiger partial charge in [0.1, 0.15) is 12.1 Å². The van der Waals surface area contributed by atoms with Crippen molar-refractivity contribution in [2.24, 2.45) is 0 Å². The van der Waals surface area contributed by atoms with Crippen molar-refractivity contribution in [1.82, 2.24) is 10.2 Å². The third-order valence-electron chi connectivity index (χ3n) is 4.44. The summed E-state index contributed by atoms with van der Waals surface area (Å²) in [6.45, 7) is 1.51. The normalized spacial score (nSPS) is 13.2. The maximum atomic E-state index is 13.3. The first-order chi connectivity index (χ1) is 14.7. The van der Waals surface area contributed by atoms with E-state index in [1.807, 2.05) is 12.1 Å². The Hall–Kier alpha value is -3.60. The molecule has 31 heavy (non-hydrogen) atoms. The molecule has 1 aromatic heterocycles. The number of anilines is 1. The van der Waals surface area contributed by atoms with Crippen molar-refractivity contribution in [2.75, 3.05) is 5.32 Å². The van der Waals surface area contributed by atoms with Crippen molar-refractivity contribution in [1.29, 1.82) is 10.5 Å². The largest absolute Gasteiger partial charge is 0.418 e. The summed E-state index contributed by atoms with van der Waals surface area (Å²) in [5.74, 6) is -0.598. The molecule has 1 heterocycles. The van der Waals surface area contributed by atoms with Gasteiger partial charge in [0.15, 0.2) is 6.10 Å². The van der Waals surface area contributed by atoms with E-state index in [0.717, 1.165) is 0 Å². The number of hydrogen-bond donors (Lipinski definition) is 2. The fraction of sp³-hybridized carbons (Fsp3) is 0.200. The van der Waals surface area contributed by atoms with Gasteiger partial charge in [-0.15, -0.1) is 10.2 Å². The van der Waals surface area contributed by atoms with Crippen molar-refractivity contribution >= 4 is 17.3 Å². The van der Waals surface area contributed by atoms with E-state index in [0.29, 0.717) is 16.7 Å². The minimum Gasteiger partial charge on any atom is -0.418 e. The summed E-state index contributed by atoms with van der Waals surface area (Å²) in [5.41, 5.74) is 1.38. The van der Waals surface area contributed by atoms with Crippen molar-refractivity contribution in [3.05, 3.63) is 64.0 Å². The van der Waals surface area contributed by atoms with Gasteiger partial charge in [-0.05, 0) is 48.9 Å². The fourth-order valence-electron chi connectivity index (χ4n) is 2.72. The number of hydrogen-bond acceptors (Lipinski definition) is 7. The number of benzene rings is 2. The number of nitriles is 2. The second-order valence-electron chi connectivity index (χ2n) is 6.45. The highest BCUT2D eigenvalue weighted by molar-refractivity contribution is 6.32. The lowest BCUT2D eigenvalue weighted by molar-refractivity contribution is -0.210. The summed E-state index contributed by atoms with van der Waals surface area (Å²) in [4.78, 5) is 0. The first kappa shape index (κ1) is 22.1. The lowest BCUT2D eigenvalue weighted by atomic mass is 10.1. The number of aliphatic hydroxyl groups excluding tert-OH is 1. The van der Waals surface area contributed by atoms with Crippen molar-refractivity contribution < 1.29 is 22.7 Å². The topological polar surface area (TPSA) is 119 Å². The van der Waals surface area contributed by atoms with Crippen LogP contribution in [0.1, 0.15) is 28.6 Å². The average Bonchev–Trinajstić information content (AvgIpc) is 3.23. The minimum atomic E-state index is -5.00. The molecule has 0 saturated heterocycles. The van der Waals surface area contributed by atoms with E-state index in [9.17, 15) is 18.3 Å². The first-order valence-electron chi connectivity index (χ1n) is 8.70. The second-order valence-corrected chi connectivity index (χ2v) is 6.83. The molecule has 0 aliphatic heterocycles. The van der Waals surface area contributed by atoms with E-state index < -0.39 is 24.2 Å². The zero-order valence-corrected chi connectivity index (χ0v) is 16.5. The van der Waals surface area contributed by atoms with Gasteiger partial charge in [-0.2, -0.15) is 23.7 Å². The van der Waals surface area contributed by atoms with Crippen LogP contribution in [0.5, 0.6) is 0 Å². The third-order valence-corrected chi connectivity index (χ3v) is 4.92. The van der Waals surface area contributed by atoms with Gasteiger partial charge in [0.05, 0.1) is 22.2 Å². The summed E-state index contributed by atoms with van der Waals surface area (Å²) in [7, 11) is 0. The van der Waals surface area contributed by atoms with Crippen LogP contribution in [0.4, 0.5) is 18.9 Å². The molecule has 0 amide bonds. The van der Waals surface area contributed by atoms with E-state index in [1.54, 1.807) is 0 Å². The van der Waals surface area contributed by atoms with E-state index in [2.05, 4.69) is 15.5 Å². The van der Waals surface area contributed by atoms with Crippen LogP contribution in [0.2, 0.25) is 5.02 Å². The van der Waals surface area contributed by atoms with Crippen LogP contribution in [0.25, 0.3) is 11.5 Å². The SMILES string of the molecule is Cc1c(N[C@@H](c2nnc(-c3ccc(C#N)cc3)o2)[C@H](O)C(F)(F)F)ccc(C#N)c1Cl. The number of aliphatic hydroxyl groups is 1. The van der Waals surface area contributed by atoms with Crippen molar-refractivity contribution in [3.63, 3.8) is 0 Å². The predicted molar refractivity (Wildman–Crippen MR) is 104 cm³/mol. The highest BCUT2D eigenvalue weighted by Gasteiger charge is 2.46. The van der Waals surface area contributed by atoms with Crippen molar-refractivity contribution in [3.8, 4) is 23.6 Å². The molecule has 0 aliphatic carbocycles. The molecule has 0 radical (unpaired) electrons. The van der Waals surface area contributed by atoms with E-state index in [4.69, 9.17) is 26.5 Å². The fourth-order valence-corrected chi connectivity index (χ4v) is 2.93. The van der Waals surface area contributed by atoms with Crippen LogP contribution in [-0.2, 0) is 0 Å². The zero-order valence-electron chi connectivity index (χ0n) is 15.8. The van der Waals surface area contributed by atoms with Crippen LogP contribution >= 0.6 is 11.6 Å². The minimum absolute atomic E-state index is 0.0662. The van der Waals surface area contributed by atoms with Crippen LogP contribution < -0.4 is 5.32 Å². The summed E-state index contributed by atoms with van der Waals surface area (Å²) >= 11 is 6.08. The summed E-state index contributed by atoms with van der Waals surface area (Å²) < 4.78 is 45.4. The molecule has 0 aliphatic rings. The Labute approximate surface area is 179 Å². The monoisotopic (exact) mass is 447 g/mol. The summed E-state index contributed by atoms with van der Waals surface area (Å²) in [6.07, 6.45) is -7.87. The molecule has 3 aromatic rings. The maximum Gasteiger partial charge on any atom is 0.416 e. The molecule has 0 saturated carbocycles. The molecule has 3 rings (SSSR count). The number of aromatic nitrogens is 2. The van der Waals surface area contributed by atoms with Gasteiger partial charge in [-0.25, -0.2) is 0 Å². The van der Waals surface area contributed by atoms with Crippen LogP contribution in [-0.4, -0.2) is 27.6 Å². The quantitative estimate of drug-likeness (QED) is 0.590. The molecule has 158 valence electrons. The van der Waals surface area contributed by atoms with Crippen LogP contribution in [0, 0.1) is 29.6 Å². The molecular weight excluding hydrogens is 435 g/mol. The van der Waals surface area contributed by atoms with E-state index in [1.165, 1.54) is 43.3 Å². The number of halogens is 4. The van der Waals surface area contributed by atoms with E-state index in [-0.39, 0.29) is 22.2 Å². The smallest absolute Gasteiger partial charge is 0.416 e. The van der Waals surface area contributed by atoms with E-state index >= 15 is 0 Å². The van der Waals surface area contributed by atoms with Gasteiger partial charge >= 0.3 is 6.18 Å². The van der Waals surface area contributed by atoms with Gasteiger partial charge in [0, 0.05) is 11.3 Å². The third kappa shape index (κ3) is 4.61. The summed E-state index contributed by atoms with van der Waals surface area (Å²) in [6, 6.07) is 10.7.